The summed E-state index contributed by atoms with van der Waals surface area (Å²) in [6, 6.07) is 0.107. The van der Waals surface area contributed by atoms with Crippen molar-refractivity contribution in [1.29, 1.82) is 0 Å². The van der Waals surface area contributed by atoms with Gasteiger partial charge in [-0.3, -0.25) is 4.79 Å². The van der Waals surface area contributed by atoms with Crippen molar-refractivity contribution in [3.8, 4) is 0 Å². The number of hydrogen-bond acceptors (Lipinski definition) is 3. The molecule has 3 unspecified atom stereocenters. The molecule has 18 heavy (non-hydrogen) atoms. The minimum Gasteiger partial charge on any atom is -0.364 e. The third kappa shape index (κ3) is 3.45. The molecule has 2 rings (SSSR count). The largest absolute Gasteiger partial charge is 0.364 e. The Labute approximate surface area is 110 Å². The second-order valence-corrected chi connectivity index (χ2v) is 5.65. The maximum absolute atomic E-state index is 12.2. The highest BCUT2D eigenvalue weighted by Gasteiger charge is 2.29. The van der Waals surface area contributed by atoms with E-state index in [1.807, 2.05) is 11.8 Å². The standard InChI is InChI=1S/C14H26N2O2/c1-11(14(17)16-9-5-2-6-10-16)18-13-8-4-3-7-12(13)15/h11-13H,2-10,15H2,1H3. The maximum Gasteiger partial charge on any atom is 0.251 e. The summed E-state index contributed by atoms with van der Waals surface area (Å²) in [5.41, 5.74) is 6.06. The van der Waals surface area contributed by atoms with Crippen LogP contribution in [0.1, 0.15) is 51.9 Å². The molecule has 1 aliphatic heterocycles. The molecule has 4 nitrogen and oxygen atoms in total. The van der Waals surface area contributed by atoms with Crippen LogP contribution in [0.5, 0.6) is 0 Å². The zero-order chi connectivity index (χ0) is 13.0. The molecule has 1 heterocycles. The van der Waals surface area contributed by atoms with E-state index >= 15 is 0 Å². The molecule has 1 aliphatic carbocycles. The highest BCUT2D eigenvalue weighted by atomic mass is 16.5. The molecular formula is C14H26N2O2. The zero-order valence-corrected chi connectivity index (χ0v) is 11.4. The normalized spacial score (nSPS) is 31.1. The van der Waals surface area contributed by atoms with Crippen LogP contribution in [0, 0.1) is 0 Å². The number of piperidine rings is 1. The summed E-state index contributed by atoms with van der Waals surface area (Å²) < 4.78 is 5.90. The van der Waals surface area contributed by atoms with Gasteiger partial charge in [0.25, 0.3) is 5.91 Å². The van der Waals surface area contributed by atoms with Crippen molar-refractivity contribution in [3.63, 3.8) is 0 Å². The van der Waals surface area contributed by atoms with Gasteiger partial charge in [0.2, 0.25) is 0 Å². The Morgan fingerprint density at radius 1 is 1.17 bits per heavy atom. The van der Waals surface area contributed by atoms with Gasteiger partial charge in [0.1, 0.15) is 6.10 Å². The van der Waals surface area contributed by atoms with Crippen LogP contribution < -0.4 is 5.73 Å². The highest BCUT2D eigenvalue weighted by molar-refractivity contribution is 5.80. The molecule has 1 saturated heterocycles. The number of carbonyl (C=O) groups is 1. The Morgan fingerprint density at radius 3 is 2.50 bits per heavy atom. The molecule has 2 N–H and O–H groups in total. The van der Waals surface area contributed by atoms with Gasteiger partial charge in [-0.1, -0.05) is 12.8 Å². The summed E-state index contributed by atoms with van der Waals surface area (Å²) in [5.74, 6) is 0.146. The average molecular weight is 254 g/mol. The Morgan fingerprint density at radius 2 is 1.83 bits per heavy atom. The molecule has 0 bridgehead atoms. The number of nitrogens with zero attached hydrogens (tertiary/aromatic N) is 1. The van der Waals surface area contributed by atoms with Gasteiger partial charge in [-0.05, 0) is 39.0 Å². The van der Waals surface area contributed by atoms with Crippen molar-refractivity contribution >= 4 is 5.91 Å². The summed E-state index contributed by atoms with van der Waals surface area (Å²) in [6.45, 7) is 3.66. The number of rotatable bonds is 3. The first-order valence-corrected chi connectivity index (χ1v) is 7.38. The molecule has 2 aliphatic rings. The Hall–Kier alpha value is -0.610. The van der Waals surface area contributed by atoms with Gasteiger partial charge in [0.15, 0.2) is 0 Å². The van der Waals surface area contributed by atoms with E-state index in [-0.39, 0.29) is 24.2 Å². The lowest BCUT2D eigenvalue weighted by Crippen LogP contribution is -2.47. The topological polar surface area (TPSA) is 55.6 Å². The Bertz CT molecular complexity index is 277. The van der Waals surface area contributed by atoms with Crippen molar-refractivity contribution < 1.29 is 9.53 Å². The molecule has 1 saturated carbocycles. The fourth-order valence-electron chi connectivity index (χ4n) is 2.99. The summed E-state index contributed by atoms with van der Waals surface area (Å²) in [5, 5.41) is 0. The Kier molecular flexibility index (Phi) is 5.01. The van der Waals surface area contributed by atoms with Crippen LogP contribution in [0.3, 0.4) is 0 Å². The average Bonchev–Trinajstić information content (AvgIpc) is 2.41. The summed E-state index contributed by atoms with van der Waals surface area (Å²) in [7, 11) is 0. The molecule has 4 heteroatoms. The first-order chi connectivity index (χ1) is 8.68. The highest BCUT2D eigenvalue weighted by Crippen LogP contribution is 2.21. The van der Waals surface area contributed by atoms with E-state index in [9.17, 15) is 4.79 Å². The van der Waals surface area contributed by atoms with Crippen molar-refractivity contribution in [3.05, 3.63) is 0 Å². The number of nitrogens with two attached hydrogens (primary N) is 1. The van der Waals surface area contributed by atoms with Crippen LogP contribution >= 0.6 is 0 Å². The molecule has 104 valence electrons. The molecule has 1 amide bonds. The number of hydrogen-bond donors (Lipinski definition) is 1. The van der Waals surface area contributed by atoms with Crippen molar-refractivity contribution in [2.75, 3.05) is 13.1 Å². The predicted molar refractivity (Wildman–Crippen MR) is 71.2 cm³/mol. The van der Waals surface area contributed by atoms with Gasteiger partial charge < -0.3 is 15.4 Å². The van der Waals surface area contributed by atoms with Crippen LogP contribution in [0.2, 0.25) is 0 Å². The number of likely N-dealkylation sites (tertiary alicyclic amines) is 1. The number of amides is 1. The lowest BCUT2D eigenvalue weighted by Gasteiger charge is -2.34. The minimum absolute atomic E-state index is 0.0718. The van der Waals surface area contributed by atoms with E-state index in [1.165, 1.54) is 19.3 Å². The van der Waals surface area contributed by atoms with Gasteiger partial charge in [0, 0.05) is 19.1 Å². The monoisotopic (exact) mass is 254 g/mol. The predicted octanol–water partition coefficient (Wildman–Crippen LogP) is 1.67. The van der Waals surface area contributed by atoms with Gasteiger partial charge >= 0.3 is 0 Å². The maximum atomic E-state index is 12.2. The van der Waals surface area contributed by atoms with Gasteiger partial charge in [-0.2, -0.15) is 0 Å². The Balaban J connectivity index is 1.82. The van der Waals surface area contributed by atoms with Crippen molar-refractivity contribution in [1.82, 2.24) is 4.90 Å². The van der Waals surface area contributed by atoms with Crippen LogP contribution in [-0.4, -0.2) is 42.1 Å². The molecular weight excluding hydrogens is 228 g/mol. The molecule has 0 aromatic carbocycles. The van der Waals surface area contributed by atoms with Gasteiger partial charge in [-0.25, -0.2) is 0 Å². The fourth-order valence-corrected chi connectivity index (χ4v) is 2.99. The van der Waals surface area contributed by atoms with E-state index in [0.29, 0.717) is 0 Å². The second kappa shape index (κ2) is 6.53. The van der Waals surface area contributed by atoms with Crippen LogP contribution in [0.4, 0.5) is 0 Å². The van der Waals surface area contributed by atoms with E-state index in [4.69, 9.17) is 10.5 Å². The lowest BCUT2D eigenvalue weighted by atomic mass is 9.93. The molecule has 0 aromatic rings. The van der Waals surface area contributed by atoms with Gasteiger partial charge in [-0.15, -0.1) is 0 Å². The smallest absolute Gasteiger partial charge is 0.251 e. The second-order valence-electron chi connectivity index (χ2n) is 5.65. The third-order valence-corrected chi connectivity index (χ3v) is 4.15. The van der Waals surface area contributed by atoms with Crippen molar-refractivity contribution in [2.45, 2.75) is 70.1 Å². The first kappa shape index (κ1) is 13.8. The molecule has 2 fully saturated rings. The summed E-state index contributed by atoms with van der Waals surface area (Å²) in [6.07, 6.45) is 7.61. The number of ether oxygens (including phenoxy) is 1. The van der Waals surface area contributed by atoms with Crippen LogP contribution in [0.25, 0.3) is 0 Å². The SMILES string of the molecule is CC(OC1CCCCC1N)C(=O)N1CCCCC1. The van der Waals surface area contributed by atoms with Gasteiger partial charge in [0.05, 0.1) is 6.10 Å². The molecule has 0 radical (unpaired) electrons. The van der Waals surface area contributed by atoms with E-state index in [2.05, 4.69) is 0 Å². The van der Waals surface area contributed by atoms with E-state index in [1.54, 1.807) is 0 Å². The van der Waals surface area contributed by atoms with Crippen molar-refractivity contribution in [2.24, 2.45) is 5.73 Å². The van der Waals surface area contributed by atoms with Crippen LogP contribution in [0.15, 0.2) is 0 Å². The van der Waals surface area contributed by atoms with E-state index in [0.717, 1.165) is 38.8 Å². The van der Waals surface area contributed by atoms with Crippen LogP contribution in [-0.2, 0) is 9.53 Å². The minimum atomic E-state index is -0.336. The lowest BCUT2D eigenvalue weighted by molar-refractivity contribution is -0.148. The third-order valence-electron chi connectivity index (χ3n) is 4.15. The number of carbonyl (C=O) groups excluding carboxylic acids is 1. The summed E-state index contributed by atoms with van der Waals surface area (Å²) >= 11 is 0. The fraction of sp³-hybridized carbons (Fsp3) is 0.929. The van der Waals surface area contributed by atoms with E-state index < -0.39 is 0 Å². The quantitative estimate of drug-likeness (QED) is 0.833. The molecule has 3 atom stereocenters. The first-order valence-electron chi connectivity index (χ1n) is 7.38. The summed E-state index contributed by atoms with van der Waals surface area (Å²) in [4.78, 5) is 14.2. The zero-order valence-electron chi connectivity index (χ0n) is 11.4. The molecule has 0 aromatic heterocycles. The molecule has 0 spiro atoms.